The third kappa shape index (κ3) is 2.83. The van der Waals surface area contributed by atoms with Gasteiger partial charge in [-0.3, -0.25) is 0 Å². The Labute approximate surface area is 147 Å². The summed E-state index contributed by atoms with van der Waals surface area (Å²) < 4.78 is 16.5. The maximum atomic E-state index is 13.3. The topological polar surface area (TPSA) is 30.7 Å². The highest BCUT2D eigenvalue weighted by atomic mass is 32.2. The quantitative estimate of drug-likeness (QED) is 0.476. The number of aromatic nitrogens is 3. The predicted octanol–water partition coefficient (Wildman–Crippen LogP) is 5.13. The van der Waals surface area contributed by atoms with Gasteiger partial charge in [0.2, 0.25) is 0 Å². The van der Waals surface area contributed by atoms with Crippen molar-refractivity contribution in [3.63, 3.8) is 0 Å². The fourth-order valence-corrected chi connectivity index (χ4v) is 4.39. The molecule has 0 aliphatic carbocycles. The molecule has 2 aromatic heterocycles. The summed E-state index contributed by atoms with van der Waals surface area (Å²) in [6.45, 7) is 0. The average molecular weight is 355 g/mol. The zero-order valence-corrected chi connectivity index (χ0v) is 14.6. The monoisotopic (exact) mass is 355 g/mol. The first-order valence-corrected chi connectivity index (χ1v) is 9.32. The maximum absolute atomic E-state index is 13.3. The van der Waals surface area contributed by atoms with Crippen LogP contribution >= 0.6 is 23.1 Å². The second kappa shape index (κ2) is 6.37. The van der Waals surface area contributed by atoms with Gasteiger partial charge >= 0.3 is 0 Å². The van der Waals surface area contributed by atoms with Gasteiger partial charge in [0.05, 0.1) is 0 Å². The Morgan fingerprint density at radius 1 is 1.12 bits per heavy atom. The van der Waals surface area contributed by atoms with E-state index in [1.807, 2.05) is 29.8 Å². The van der Waals surface area contributed by atoms with Crippen LogP contribution in [-0.2, 0) is 12.8 Å². The molecule has 6 heteroatoms. The van der Waals surface area contributed by atoms with Crippen LogP contribution in [0, 0.1) is 5.82 Å². The van der Waals surface area contributed by atoms with E-state index in [4.69, 9.17) is 0 Å². The first kappa shape index (κ1) is 15.4. The Hall–Kier alpha value is -2.18. The second-order valence-electron chi connectivity index (χ2n) is 5.43. The first-order valence-electron chi connectivity index (χ1n) is 7.45. The van der Waals surface area contributed by atoms with Crippen LogP contribution in [0.4, 0.5) is 4.39 Å². The van der Waals surface area contributed by atoms with Crippen molar-refractivity contribution >= 4 is 33.2 Å². The van der Waals surface area contributed by atoms with Crippen LogP contribution in [0.15, 0.2) is 59.1 Å². The lowest BCUT2D eigenvalue weighted by Gasteiger charge is -2.04. The highest BCUT2D eigenvalue weighted by Crippen LogP contribution is 2.34. The summed E-state index contributed by atoms with van der Waals surface area (Å²) in [7, 11) is 1.97. The minimum absolute atomic E-state index is 0.212. The predicted molar refractivity (Wildman–Crippen MR) is 97.8 cm³/mol. The van der Waals surface area contributed by atoms with E-state index in [0.29, 0.717) is 5.75 Å². The van der Waals surface area contributed by atoms with Gasteiger partial charge in [0.25, 0.3) is 0 Å². The van der Waals surface area contributed by atoms with Crippen molar-refractivity contribution in [3.8, 4) is 11.4 Å². The first-order chi connectivity index (χ1) is 11.7. The molecular formula is C18H14FN3S2. The van der Waals surface area contributed by atoms with E-state index < -0.39 is 0 Å². The lowest BCUT2D eigenvalue weighted by atomic mass is 10.2. The number of fused-ring (bicyclic) bond motifs is 1. The number of rotatable bonds is 4. The number of thiophene rings is 1. The van der Waals surface area contributed by atoms with Gasteiger partial charge in [0.1, 0.15) is 5.82 Å². The molecule has 0 amide bonds. The summed E-state index contributed by atoms with van der Waals surface area (Å²) in [5, 5.41) is 12.8. The number of benzene rings is 2. The molecule has 0 radical (unpaired) electrons. The smallest absolute Gasteiger partial charge is 0.191 e. The van der Waals surface area contributed by atoms with Crippen LogP contribution in [-0.4, -0.2) is 14.8 Å². The second-order valence-corrected chi connectivity index (χ2v) is 7.28. The summed E-state index contributed by atoms with van der Waals surface area (Å²) in [5.74, 6) is 1.30. The Balaban J connectivity index is 1.61. The summed E-state index contributed by atoms with van der Waals surface area (Å²) in [5.41, 5.74) is 2.04. The SMILES string of the molecule is Cn1c(SCc2cccc(F)c2)nnc1-c1csc2ccccc12. The van der Waals surface area contributed by atoms with Gasteiger partial charge in [-0.25, -0.2) is 4.39 Å². The van der Waals surface area contributed by atoms with Gasteiger partial charge in [-0.1, -0.05) is 42.1 Å². The van der Waals surface area contributed by atoms with Crippen molar-refractivity contribution in [2.24, 2.45) is 7.05 Å². The molecular weight excluding hydrogens is 341 g/mol. The molecule has 0 unspecified atom stereocenters. The number of hydrogen-bond donors (Lipinski definition) is 0. The van der Waals surface area contributed by atoms with Crippen LogP contribution < -0.4 is 0 Å². The molecule has 0 N–H and O–H groups in total. The minimum Gasteiger partial charge on any atom is -0.305 e. The Morgan fingerprint density at radius 2 is 2.00 bits per heavy atom. The molecule has 120 valence electrons. The average Bonchev–Trinajstić information content (AvgIpc) is 3.16. The molecule has 0 bridgehead atoms. The number of hydrogen-bond acceptors (Lipinski definition) is 4. The van der Waals surface area contributed by atoms with E-state index in [-0.39, 0.29) is 5.82 Å². The fourth-order valence-electron chi connectivity index (χ4n) is 2.60. The van der Waals surface area contributed by atoms with E-state index in [2.05, 4.69) is 27.7 Å². The third-order valence-electron chi connectivity index (χ3n) is 3.81. The number of nitrogens with zero attached hydrogens (tertiary/aromatic N) is 3. The zero-order valence-electron chi connectivity index (χ0n) is 12.9. The van der Waals surface area contributed by atoms with Gasteiger partial charge in [-0.15, -0.1) is 21.5 Å². The molecule has 0 saturated heterocycles. The van der Waals surface area contributed by atoms with Gasteiger partial charge < -0.3 is 4.57 Å². The summed E-state index contributed by atoms with van der Waals surface area (Å²) in [6, 6.07) is 14.9. The van der Waals surface area contributed by atoms with Gasteiger partial charge in [0, 0.05) is 33.8 Å². The van der Waals surface area contributed by atoms with Gasteiger partial charge in [-0.05, 0) is 23.8 Å². The molecule has 4 rings (SSSR count). The summed E-state index contributed by atoms with van der Waals surface area (Å²) in [6.07, 6.45) is 0. The van der Waals surface area contributed by atoms with Crippen LogP contribution in [0.1, 0.15) is 5.56 Å². The zero-order chi connectivity index (χ0) is 16.5. The Morgan fingerprint density at radius 3 is 2.88 bits per heavy atom. The van der Waals surface area contributed by atoms with Crippen LogP contribution in [0.5, 0.6) is 0 Å². The minimum atomic E-state index is -0.212. The van der Waals surface area contributed by atoms with Crippen LogP contribution in [0.3, 0.4) is 0 Å². The Kier molecular flexibility index (Phi) is 4.08. The number of halogens is 1. The van der Waals surface area contributed by atoms with E-state index in [0.717, 1.165) is 22.1 Å². The highest BCUT2D eigenvalue weighted by molar-refractivity contribution is 7.98. The van der Waals surface area contributed by atoms with E-state index in [9.17, 15) is 4.39 Å². The summed E-state index contributed by atoms with van der Waals surface area (Å²) >= 11 is 3.27. The van der Waals surface area contributed by atoms with Crippen molar-refractivity contribution in [3.05, 3.63) is 65.3 Å². The Bertz CT molecular complexity index is 1010. The van der Waals surface area contributed by atoms with Crippen molar-refractivity contribution in [1.29, 1.82) is 0 Å². The largest absolute Gasteiger partial charge is 0.305 e. The molecule has 0 aliphatic rings. The third-order valence-corrected chi connectivity index (χ3v) is 5.87. The standard InChI is InChI=1S/C18H14FN3S2/c1-22-17(15-11-23-16-8-3-2-7-14(15)16)20-21-18(22)24-10-12-5-4-6-13(19)9-12/h2-9,11H,10H2,1H3. The molecule has 4 aromatic rings. The lowest BCUT2D eigenvalue weighted by Crippen LogP contribution is -1.94. The van der Waals surface area contributed by atoms with Gasteiger partial charge in [-0.2, -0.15) is 0 Å². The van der Waals surface area contributed by atoms with Gasteiger partial charge in [0.15, 0.2) is 11.0 Å². The van der Waals surface area contributed by atoms with E-state index in [1.54, 1.807) is 35.2 Å². The molecule has 0 fully saturated rings. The van der Waals surface area contributed by atoms with Crippen LogP contribution in [0.2, 0.25) is 0 Å². The molecule has 0 aliphatic heterocycles. The maximum Gasteiger partial charge on any atom is 0.191 e. The lowest BCUT2D eigenvalue weighted by molar-refractivity contribution is 0.626. The van der Waals surface area contributed by atoms with Crippen molar-refractivity contribution in [2.75, 3.05) is 0 Å². The van der Waals surface area contributed by atoms with E-state index in [1.165, 1.54) is 16.2 Å². The molecule has 2 heterocycles. The van der Waals surface area contributed by atoms with Crippen molar-refractivity contribution in [1.82, 2.24) is 14.8 Å². The summed E-state index contributed by atoms with van der Waals surface area (Å²) in [4.78, 5) is 0. The highest BCUT2D eigenvalue weighted by Gasteiger charge is 2.15. The molecule has 3 nitrogen and oxygen atoms in total. The molecule has 0 saturated carbocycles. The fraction of sp³-hybridized carbons (Fsp3) is 0.111. The molecule has 0 spiro atoms. The molecule has 0 atom stereocenters. The van der Waals surface area contributed by atoms with E-state index >= 15 is 0 Å². The molecule has 2 aromatic carbocycles. The number of thioether (sulfide) groups is 1. The van der Waals surface area contributed by atoms with Crippen LogP contribution in [0.25, 0.3) is 21.5 Å². The van der Waals surface area contributed by atoms with Crippen molar-refractivity contribution < 1.29 is 4.39 Å². The normalized spacial score (nSPS) is 11.2. The van der Waals surface area contributed by atoms with Crippen molar-refractivity contribution in [2.45, 2.75) is 10.9 Å². The molecule has 24 heavy (non-hydrogen) atoms.